The zero-order valence-corrected chi connectivity index (χ0v) is 48.2. The number of halogens is 1. The second-order valence-electron chi connectivity index (χ2n) is 20.4. The number of rotatable bonds is 12. The van der Waals surface area contributed by atoms with Crippen LogP contribution in [0.15, 0.2) is 65.0 Å². The summed E-state index contributed by atoms with van der Waals surface area (Å²) in [7, 11) is 2.58. The van der Waals surface area contributed by atoms with Gasteiger partial charge in [0.2, 0.25) is 18.0 Å². The standard InChI is InChI=1S/C54H63FN8O7S.4H2S/c1-29(2)47(59-53(66)68-5)50(64)61-18-10-14-41(61)38-22-35(26-56-38)32-16-17-40-34(20-32)24-43-46-37(55)21-33(25-44(46)70-52(63(40)43)45-28-58-49(71-45)31-12-8-7-9-13-31)36-23-39(57-27-36)42-15-11-19-62(42)51(65)48(30(3)4)60-54(67)69-6;;;;/h16-17,20-21,24-31,41-42,47-48,52H,7-15,18-19,22-23H2,1-6H3,(H,59,66)(H,60,67);4*1H2/t41-,42-,47-,48-,52?;;;;/m0..../s1. The molecule has 406 valence electrons. The summed E-state index contributed by atoms with van der Waals surface area (Å²) >= 11 is 1.68. The van der Waals surface area contributed by atoms with E-state index in [1.54, 1.807) is 23.6 Å². The van der Waals surface area contributed by atoms with Crippen molar-refractivity contribution in [3.05, 3.63) is 81.8 Å². The Morgan fingerprint density at radius 3 is 1.83 bits per heavy atom. The van der Waals surface area contributed by atoms with Gasteiger partial charge in [0.1, 0.15) is 23.7 Å². The number of thiazole rings is 1. The van der Waals surface area contributed by atoms with Gasteiger partial charge in [-0.05, 0) is 103 Å². The fourth-order valence-electron chi connectivity index (χ4n) is 11.5. The minimum Gasteiger partial charge on any atom is -0.464 e. The van der Waals surface area contributed by atoms with Crippen molar-refractivity contribution >= 4 is 123 Å². The average molecular weight is 1120 g/mol. The molecule has 0 radical (unpaired) electrons. The third-order valence-electron chi connectivity index (χ3n) is 15.2. The lowest BCUT2D eigenvalue weighted by Crippen LogP contribution is -2.53. The van der Waals surface area contributed by atoms with E-state index in [0.29, 0.717) is 54.4 Å². The van der Waals surface area contributed by atoms with Gasteiger partial charge in [-0.25, -0.2) is 19.0 Å². The SMILES string of the molecule is COC(=O)N[C@H](C(=O)N1CCC[C@H]1C1=NC=C(c2cc(F)c3c(c2)OC(c2cnc(C4CCCCC4)s2)n2c-3cc3cc(C4=CN=C([C@@H]5CCCN5C(=O)[C@@H](NC(=O)OC)C(C)C)C4)ccc32)C1)C(C)C.S.S.S.S. The monoisotopic (exact) mass is 1120 g/mol. The predicted octanol–water partition coefficient (Wildman–Crippen LogP) is 10.5. The van der Waals surface area contributed by atoms with Crippen molar-refractivity contribution in [2.75, 3.05) is 27.3 Å². The highest BCUT2D eigenvalue weighted by molar-refractivity contribution is 7.59. The molecule has 2 aromatic heterocycles. The van der Waals surface area contributed by atoms with Crippen molar-refractivity contribution in [3.8, 4) is 17.0 Å². The van der Waals surface area contributed by atoms with Gasteiger partial charge in [-0.2, -0.15) is 54.0 Å². The van der Waals surface area contributed by atoms with Crippen LogP contribution in [0.4, 0.5) is 14.0 Å². The first kappa shape index (κ1) is 59.3. The highest BCUT2D eigenvalue weighted by Crippen LogP contribution is 2.49. The lowest BCUT2D eigenvalue weighted by Gasteiger charge is -2.31. The first-order valence-electron chi connectivity index (χ1n) is 25.2. The summed E-state index contributed by atoms with van der Waals surface area (Å²) < 4.78 is 35.8. The molecule has 7 heterocycles. The Bertz CT molecular complexity index is 2910. The Morgan fingerprint density at radius 1 is 0.720 bits per heavy atom. The molecular formula is C54H71FN8O7S5. The molecule has 0 bridgehead atoms. The summed E-state index contributed by atoms with van der Waals surface area (Å²) in [5.74, 6) is -0.163. The first-order chi connectivity index (χ1) is 34.3. The second kappa shape index (κ2) is 25.0. The Kier molecular flexibility index (Phi) is 19.8. The number of allylic oxidation sites excluding steroid dienone is 2. The number of likely N-dealkylation sites (tertiary alicyclic amines) is 2. The summed E-state index contributed by atoms with van der Waals surface area (Å²) in [4.78, 5) is 71.4. The fraction of sp³-hybridized carbons (Fsp3) is 0.500. The maximum absolute atomic E-state index is 17.1. The van der Waals surface area contributed by atoms with Crippen LogP contribution in [-0.2, 0) is 19.1 Å². The number of hydrogen-bond acceptors (Lipinski definition) is 11. The van der Waals surface area contributed by atoms with E-state index in [2.05, 4.69) is 39.5 Å². The van der Waals surface area contributed by atoms with Crippen LogP contribution in [-0.4, -0.2) is 106 Å². The third-order valence-corrected chi connectivity index (χ3v) is 16.4. The number of methoxy groups -OCH3 is 2. The Hall–Kier alpha value is -4.96. The molecule has 0 spiro atoms. The first-order valence-corrected chi connectivity index (χ1v) is 26.1. The molecule has 1 saturated carbocycles. The number of benzene rings is 2. The normalized spacial score (nSPS) is 20.7. The predicted molar refractivity (Wildman–Crippen MR) is 313 cm³/mol. The highest BCUT2D eigenvalue weighted by Gasteiger charge is 2.41. The van der Waals surface area contributed by atoms with Crippen LogP contribution in [0.3, 0.4) is 0 Å². The number of fused-ring (bicyclic) bond motifs is 5. The molecule has 5 aliphatic heterocycles. The van der Waals surface area contributed by atoms with E-state index in [1.807, 2.05) is 56.0 Å². The number of nitrogens with zero attached hydrogens (tertiary/aromatic N) is 6. The summed E-state index contributed by atoms with van der Waals surface area (Å²) in [5, 5.41) is 7.49. The molecule has 2 N–H and O–H groups in total. The van der Waals surface area contributed by atoms with Crippen LogP contribution < -0.4 is 15.4 Å². The lowest BCUT2D eigenvalue weighted by atomic mass is 9.90. The summed E-state index contributed by atoms with van der Waals surface area (Å²) in [6, 6.07) is 9.95. The molecule has 10 rings (SSSR count). The van der Waals surface area contributed by atoms with E-state index in [-0.39, 0.29) is 89.7 Å². The van der Waals surface area contributed by atoms with Crippen LogP contribution in [0.25, 0.3) is 33.3 Å². The zero-order valence-electron chi connectivity index (χ0n) is 43.3. The van der Waals surface area contributed by atoms with Gasteiger partial charge >= 0.3 is 12.2 Å². The summed E-state index contributed by atoms with van der Waals surface area (Å²) in [5.41, 5.74) is 7.22. The molecule has 75 heavy (non-hydrogen) atoms. The maximum atomic E-state index is 17.1. The number of aliphatic imine (C=N–C) groups is 2. The van der Waals surface area contributed by atoms with E-state index < -0.39 is 36.3 Å². The molecule has 3 fully saturated rings. The van der Waals surface area contributed by atoms with Crippen molar-refractivity contribution in [1.29, 1.82) is 0 Å². The molecule has 1 aliphatic carbocycles. The van der Waals surface area contributed by atoms with Crippen molar-refractivity contribution in [2.24, 2.45) is 21.8 Å². The van der Waals surface area contributed by atoms with Crippen LogP contribution >= 0.6 is 65.3 Å². The summed E-state index contributed by atoms with van der Waals surface area (Å²) in [6.07, 6.45) is 13.8. The fourth-order valence-corrected chi connectivity index (χ4v) is 12.6. The average Bonchev–Trinajstić information content (AvgIpc) is 4.24. The van der Waals surface area contributed by atoms with Gasteiger partial charge in [-0.15, -0.1) is 11.3 Å². The van der Waals surface area contributed by atoms with Crippen LogP contribution in [0.5, 0.6) is 5.75 Å². The van der Waals surface area contributed by atoms with Gasteiger partial charge in [0.05, 0.1) is 53.0 Å². The van der Waals surface area contributed by atoms with Gasteiger partial charge in [0.15, 0.2) is 0 Å². The van der Waals surface area contributed by atoms with Crippen molar-refractivity contribution in [3.63, 3.8) is 0 Å². The number of nitrogens with one attached hydrogen (secondary N) is 2. The maximum Gasteiger partial charge on any atom is 0.407 e. The molecule has 1 unspecified atom stereocenters. The number of carbonyl (C=O) groups is 4. The molecule has 2 aromatic carbocycles. The Balaban J connectivity index is 0.00000229. The third kappa shape index (κ3) is 11.7. The van der Waals surface area contributed by atoms with Crippen LogP contribution in [0.2, 0.25) is 0 Å². The molecule has 21 heteroatoms. The Labute approximate surface area is 470 Å². The van der Waals surface area contributed by atoms with E-state index in [9.17, 15) is 19.2 Å². The molecule has 6 aliphatic rings. The van der Waals surface area contributed by atoms with Crippen molar-refractivity contribution < 1.29 is 37.8 Å². The molecule has 2 saturated heterocycles. The Morgan fingerprint density at radius 2 is 1.28 bits per heavy atom. The topological polar surface area (TPSA) is 169 Å². The largest absolute Gasteiger partial charge is 0.464 e. The van der Waals surface area contributed by atoms with Gasteiger partial charge < -0.3 is 34.6 Å². The molecule has 5 atom stereocenters. The van der Waals surface area contributed by atoms with Crippen molar-refractivity contribution in [2.45, 2.75) is 135 Å². The van der Waals surface area contributed by atoms with Crippen molar-refractivity contribution in [1.82, 2.24) is 30.0 Å². The smallest absolute Gasteiger partial charge is 0.407 e. The van der Waals surface area contributed by atoms with E-state index in [1.165, 1.54) is 33.5 Å². The van der Waals surface area contributed by atoms with Crippen LogP contribution in [0.1, 0.15) is 131 Å². The second-order valence-corrected chi connectivity index (χ2v) is 21.5. The number of ether oxygens (including phenoxy) is 3. The lowest BCUT2D eigenvalue weighted by molar-refractivity contribution is -0.134. The van der Waals surface area contributed by atoms with Gasteiger partial charge in [-0.3, -0.25) is 24.1 Å². The molecule has 4 aromatic rings. The zero-order chi connectivity index (χ0) is 49.7. The molecule has 15 nitrogen and oxygen atoms in total. The van der Waals surface area contributed by atoms with Crippen LogP contribution in [0, 0.1) is 17.7 Å². The van der Waals surface area contributed by atoms with Gasteiger partial charge in [0.25, 0.3) is 0 Å². The number of hydrogen-bond donors (Lipinski definition) is 2. The number of carbonyl (C=O) groups excluding carboxylic acids is 4. The van der Waals surface area contributed by atoms with E-state index in [0.717, 1.165) is 87.4 Å². The minimum absolute atomic E-state index is 0. The number of amides is 4. The molecule has 4 amide bonds. The quantitative estimate of drug-likeness (QED) is 0.141. The van der Waals surface area contributed by atoms with E-state index in [4.69, 9.17) is 29.2 Å². The van der Waals surface area contributed by atoms with E-state index >= 15 is 4.39 Å². The number of aromatic nitrogens is 2. The highest BCUT2D eigenvalue weighted by atomic mass is 32.1. The number of alkyl carbamates (subject to hydrolysis) is 2. The summed E-state index contributed by atoms with van der Waals surface area (Å²) in [6.45, 7) is 8.74. The van der Waals surface area contributed by atoms with Gasteiger partial charge in [-0.1, -0.05) is 53.0 Å². The molecular weight excluding hydrogens is 1050 g/mol. The van der Waals surface area contributed by atoms with Gasteiger partial charge in [0, 0.05) is 67.3 Å². The minimum atomic E-state index is -0.743.